The number of amides is 2. The van der Waals surface area contributed by atoms with Crippen molar-refractivity contribution in [1.29, 1.82) is 0 Å². The van der Waals surface area contributed by atoms with Gasteiger partial charge >= 0.3 is 0 Å². The van der Waals surface area contributed by atoms with Crippen molar-refractivity contribution in [2.45, 2.75) is 33.6 Å². The fraction of sp³-hybridized carbons (Fsp3) is 0.318. The molecule has 0 spiro atoms. The van der Waals surface area contributed by atoms with Gasteiger partial charge in [0, 0.05) is 18.4 Å². The quantitative estimate of drug-likeness (QED) is 0.486. The number of aromatic nitrogens is 2. The van der Waals surface area contributed by atoms with Crippen LogP contribution in [0.5, 0.6) is 0 Å². The van der Waals surface area contributed by atoms with E-state index in [9.17, 15) is 24.0 Å². The van der Waals surface area contributed by atoms with Crippen LogP contribution in [0.25, 0.3) is 10.8 Å². The number of nitrogens with one attached hydrogen (secondary N) is 4. The molecule has 0 aliphatic heterocycles. The molecule has 1 aromatic carbocycles. The van der Waals surface area contributed by atoms with E-state index in [1.807, 2.05) is 13.8 Å². The number of carbonyl (C=O) groups excluding carboxylic acids is 3. The van der Waals surface area contributed by atoms with Crippen molar-refractivity contribution < 1.29 is 18.8 Å². The highest BCUT2D eigenvalue weighted by Gasteiger charge is 2.37. The van der Waals surface area contributed by atoms with Crippen LogP contribution in [0, 0.1) is 12.3 Å². The van der Waals surface area contributed by atoms with E-state index in [1.165, 1.54) is 18.2 Å². The second-order valence-electron chi connectivity index (χ2n) is 8.66. The van der Waals surface area contributed by atoms with Crippen LogP contribution >= 0.6 is 0 Å². The molecule has 0 fully saturated rings. The van der Waals surface area contributed by atoms with Crippen LogP contribution in [0.15, 0.2) is 32.2 Å². The predicted octanol–water partition coefficient (Wildman–Crippen LogP) is 1.64. The molecule has 0 bridgehead atoms. The van der Waals surface area contributed by atoms with Crippen molar-refractivity contribution in [2.24, 2.45) is 5.41 Å². The molecule has 2 heterocycles. The van der Waals surface area contributed by atoms with Crippen molar-refractivity contribution in [2.75, 3.05) is 11.9 Å². The Labute approximate surface area is 181 Å². The first-order valence-electron chi connectivity index (χ1n) is 10.0. The van der Waals surface area contributed by atoms with Gasteiger partial charge in [-0.2, -0.15) is 0 Å². The Balaban J connectivity index is 1.49. The van der Waals surface area contributed by atoms with Crippen molar-refractivity contribution >= 4 is 34.1 Å². The summed E-state index contributed by atoms with van der Waals surface area (Å²) in [5.41, 5.74) is -0.271. The average Bonchev–Trinajstić information content (AvgIpc) is 3.04. The van der Waals surface area contributed by atoms with Crippen LogP contribution in [0.4, 0.5) is 5.69 Å². The van der Waals surface area contributed by atoms with E-state index in [0.717, 1.165) is 0 Å². The molecule has 0 saturated heterocycles. The third-order valence-corrected chi connectivity index (χ3v) is 5.49. The van der Waals surface area contributed by atoms with E-state index < -0.39 is 29.5 Å². The fourth-order valence-electron chi connectivity index (χ4n) is 4.07. The number of H-pyrrole nitrogens is 2. The van der Waals surface area contributed by atoms with Crippen molar-refractivity contribution in [1.82, 2.24) is 15.5 Å². The van der Waals surface area contributed by atoms with Crippen LogP contribution in [-0.2, 0) is 11.2 Å². The molecule has 0 radical (unpaired) electrons. The van der Waals surface area contributed by atoms with Crippen molar-refractivity contribution in [3.63, 3.8) is 0 Å². The Kier molecular flexibility index (Phi) is 5.08. The summed E-state index contributed by atoms with van der Waals surface area (Å²) in [4.78, 5) is 61.5. The molecule has 0 atom stereocenters. The van der Waals surface area contributed by atoms with Crippen LogP contribution in [0.2, 0.25) is 0 Å². The molecule has 0 saturated carbocycles. The molecule has 2 aromatic heterocycles. The number of ketones is 1. The molecule has 0 unspecified atom stereocenters. The summed E-state index contributed by atoms with van der Waals surface area (Å²) in [5.74, 6) is -0.799. The topological polar surface area (TPSA) is 154 Å². The van der Waals surface area contributed by atoms with Crippen LogP contribution in [0.1, 0.15) is 52.5 Å². The molecule has 2 amide bonds. The molecule has 10 nitrogen and oxygen atoms in total. The van der Waals surface area contributed by atoms with Gasteiger partial charge in [-0.05, 0) is 24.5 Å². The minimum Gasteiger partial charge on any atom is -0.455 e. The molecule has 4 rings (SSSR count). The molecule has 4 N–H and O–H groups in total. The van der Waals surface area contributed by atoms with Gasteiger partial charge in [0.05, 0.1) is 28.6 Å². The molecule has 32 heavy (non-hydrogen) atoms. The van der Waals surface area contributed by atoms with Gasteiger partial charge in [0.15, 0.2) is 11.5 Å². The minimum atomic E-state index is -0.620. The normalized spacial score (nSPS) is 14.8. The molecule has 3 aromatic rings. The first-order valence-corrected chi connectivity index (χ1v) is 10.0. The standard InChI is InChI=1S/C22H22N4O6/c1-10-16-13(27)7-22(2,3)8-14(16)32-18(10)21(31)23-9-15(28)24-12-6-4-5-11-17(12)20(30)26-25-19(11)29/h4-6H,7-9H2,1-3H3,(H,23,31)(H,24,28)(H,25,29)(H,26,30). The lowest BCUT2D eigenvalue weighted by atomic mass is 9.76. The first-order chi connectivity index (χ1) is 15.1. The second-order valence-corrected chi connectivity index (χ2v) is 8.66. The largest absolute Gasteiger partial charge is 0.455 e. The summed E-state index contributed by atoms with van der Waals surface area (Å²) in [7, 11) is 0. The number of rotatable bonds is 4. The maximum atomic E-state index is 12.6. The zero-order chi connectivity index (χ0) is 23.2. The van der Waals surface area contributed by atoms with Gasteiger partial charge in [-0.1, -0.05) is 19.9 Å². The Morgan fingerprint density at radius 2 is 1.81 bits per heavy atom. The first kappa shape index (κ1) is 21.3. The summed E-state index contributed by atoms with van der Waals surface area (Å²) in [6, 6.07) is 4.47. The zero-order valence-electron chi connectivity index (χ0n) is 17.8. The van der Waals surface area contributed by atoms with E-state index in [0.29, 0.717) is 29.7 Å². The van der Waals surface area contributed by atoms with Gasteiger partial charge in [-0.15, -0.1) is 0 Å². The van der Waals surface area contributed by atoms with Gasteiger partial charge < -0.3 is 15.1 Å². The molecular formula is C22H22N4O6. The highest BCUT2D eigenvalue weighted by molar-refractivity contribution is 6.06. The smallest absolute Gasteiger partial charge is 0.287 e. The number of hydrogen-bond donors (Lipinski definition) is 4. The summed E-state index contributed by atoms with van der Waals surface area (Å²) in [6.07, 6.45) is 0.911. The number of fused-ring (bicyclic) bond motifs is 2. The highest BCUT2D eigenvalue weighted by atomic mass is 16.4. The number of hydrogen-bond acceptors (Lipinski definition) is 6. The average molecular weight is 438 g/mol. The van der Waals surface area contributed by atoms with Crippen molar-refractivity contribution in [3.8, 4) is 0 Å². The van der Waals surface area contributed by atoms with E-state index >= 15 is 0 Å². The summed E-state index contributed by atoms with van der Waals surface area (Å²) in [6.45, 7) is 5.16. The summed E-state index contributed by atoms with van der Waals surface area (Å²) >= 11 is 0. The second kappa shape index (κ2) is 7.63. The van der Waals surface area contributed by atoms with Crippen LogP contribution in [0.3, 0.4) is 0 Å². The zero-order valence-corrected chi connectivity index (χ0v) is 17.8. The van der Waals surface area contributed by atoms with Gasteiger partial charge in [-0.3, -0.25) is 34.2 Å². The number of Topliss-reactive ketones (excluding diaryl/α,β-unsaturated/α-hetero) is 1. The van der Waals surface area contributed by atoms with Crippen molar-refractivity contribution in [3.05, 3.63) is 61.6 Å². The molecule has 1 aliphatic carbocycles. The van der Waals surface area contributed by atoms with Gasteiger partial charge in [0.2, 0.25) is 5.91 Å². The lowest BCUT2D eigenvalue weighted by molar-refractivity contribution is -0.115. The Bertz CT molecular complexity index is 1390. The third-order valence-electron chi connectivity index (χ3n) is 5.49. The monoisotopic (exact) mass is 438 g/mol. The molecule has 10 heteroatoms. The maximum absolute atomic E-state index is 12.6. The Morgan fingerprint density at radius 1 is 1.09 bits per heavy atom. The van der Waals surface area contributed by atoms with Gasteiger partial charge in [0.1, 0.15) is 5.76 Å². The lowest BCUT2D eigenvalue weighted by Gasteiger charge is -2.27. The predicted molar refractivity (Wildman–Crippen MR) is 116 cm³/mol. The summed E-state index contributed by atoms with van der Waals surface area (Å²) < 4.78 is 5.69. The van der Waals surface area contributed by atoms with Gasteiger partial charge in [0.25, 0.3) is 17.0 Å². The molecule has 1 aliphatic rings. The fourth-order valence-corrected chi connectivity index (χ4v) is 4.07. The molecule has 166 valence electrons. The lowest BCUT2D eigenvalue weighted by Crippen LogP contribution is -2.33. The third kappa shape index (κ3) is 3.75. The SMILES string of the molecule is Cc1c(C(=O)NCC(=O)Nc2cccc3c(=O)[nH][nH]c(=O)c23)oc2c1C(=O)CC(C)(C)C2. The van der Waals surface area contributed by atoms with E-state index in [-0.39, 0.29) is 33.4 Å². The summed E-state index contributed by atoms with van der Waals surface area (Å²) in [5, 5.41) is 9.59. The Morgan fingerprint density at radius 3 is 2.56 bits per heavy atom. The number of anilines is 1. The molecular weight excluding hydrogens is 416 g/mol. The highest BCUT2D eigenvalue weighted by Crippen LogP contribution is 2.38. The van der Waals surface area contributed by atoms with E-state index in [2.05, 4.69) is 20.8 Å². The van der Waals surface area contributed by atoms with Crippen LogP contribution in [-0.4, -0.2) is 34.3 Å². The number of furan rings is 1. The number of benzene rings is 1. The number of aromatic amines is 2. The van der Waals surface area contributed by atoms with Gasteiger partial charge in [-0.25, -0.2) is 0 Å². The minimum absolute atomic E-state index is 0.00184. The maximum Gasteiger partial charge on any atom is 0.287 e. The van der Waals surface area contributed by atoms with E-state index in [1.54, 1.807) is 6.92 Å². The number of carbonyl (C=O) groups is 3. The van der Waals surface area contributed by atoms with Crippen LogP contribution < -0.4 is 21.8 Å². The van der Waals surface area contributed by atoms with E-state index in [4.69, 9.17) is 4.42 Å². The Hall–Kier alpha value is -3.95.